The van der Waals surface area contributed by atoms with E-state index in [-0.39, 0.29) is 0 Å². The molecule has 0 unspecified atom stereocenters. The highest BCUT2D eigenvalue weighted by atomic mass is 32.2. The number of rotatable bonds is 3. The van der Waals surface area contributed by atoms with E-state index < -0.39 is 0 Å². The molecule has 2 aliphatic rings. The van der Waals surface area contributed by atoms with Crippen LogP contribution in [0.5, 0.6) is 0 Å². The monoisotopic (exact) mass is 320 g/mol. The fourth-order valence-electron chi connectivity index (χ4n) is 4.29. The molecule has 2 aromatic rings. The molecule has 0 saturated heterocycles. The molecule has 1 aliphatic heterocycles. The van der Waals surface area contributed by atoms with Gasteiger partial charge in [0.1, 0.15) is 5.40 Å². The van der Waals surface area contributed by atoms with Gasteiger partial charge in [0.05, 0.1) is 0 Å². The molecule has 0 spiro atoms. The Morgan fingerprint density at radius 1 is 1.04 bits per heavy atom. The van der Waals surface area contributed by atoms with Crippen molar-refractivity contribution in [2.75, 3.05) is 4.90 Å². The van der Waals surface area contributed by atoms with Crippen LogP contribution in [0, 0.1) is 10.7 Å². The molecule has 3 atom stereocenters. The summed E-state index contributed by atoms with van der Waals surface area (Å²) in [6.07, 6.45) is 3.63. The third-order valence-electron chi connectivity index (χ3n) is 5.20. The lowest BCUT2D eigenvalue weighted by Crippen LogP contribution is -2.43. The number of anilines is 1. The first-order valence-electron chi connectivity index (χ1n) is 8.32. The maximum Gasteiger partial charge on any atom is 0.133 e. The Kier molecular flexibility index (Phi) is 4.01. The molecule has 0 aromatic heterocycles. The number of thiocyanates is 1. The number of nitriles is 1. The Hall–Kier alpha value is -1.92. The zero-order chi connectivity index (χ0) is 15.6. The summed E-state index contributed by atoms with van der Waals surface area (Å²) in [7, 11) is 0. The zero-order valence-corrected chi connectivity index (χ0v) is 13.9. The van der Waals surface area contributed by atoms with Gasteiger partial charge in [-0.2, -0.15) is 5.26 Å². The molecule has 0 radical (unpaired) electrons. The lowest BCUT2D eigenvalue weighted by molar-refractivity contribution is 0.396. The Labute approximate surface area is 142 Å². The molecule has 0 bridgehead atoms. The highest BCUT2D eigenvalue weighted by Crippen LogP contribution is 2.50. The van der Waals surface area contributed by atoms with Gasteiger partial charge >= 0.3 is 0 Å². The Bertz CT molecular complexity index is 722. The predicted octanol–water partition coefficient (Wildman–Crippen LogP) is 4.93. The molecule has 0 N–H and O–H groups in total. The van der Waals surface area contributed by atoms with E-state index in [0.717, 1.165) is 13.0 Å². The molecule has 1 saturated carbocycles. The molecule has 4 rings (SSSR count). The first kappa shape index (κ1) is 14.7. The van der Waals surface area contributed by atoms with Crippen LogP contribution >= 0.6 is 11.8 Å². The molecule has 3 heteroatoms. The van der Waals surface area contributed by atoms with Crippen molar-refractivity contribution in [2.45, 2.75) is 43.0 Å². The fourth-order valence-corrected chi connectivity index (χ4v) is 5.18. The van der Waals surface area contributed by atoms with Crippen LogP contribution in [0.1, 0.15) is 36.3 Å². The lowest BCUT2D eigenvalue weighted by atomic mass is 9.82. The maximum atomic E-state index is 9.23. The van der Waals surface area contributed by atoms with Crippen LogP contribution in [0.3, 0.4) is 0 Å². The second-order valence-electron chi connectivity index (χ2n) is 6.45. The summed E-state index contributed by atoms with van der Waals surface area (Å²) in [6.45, 7) is 0.932. The SMILES string of the molecule is N#CS[C@H]1CCC[C@H]2c3ccccc3N(Cc3ccccc3)[C@@H]12. The summed E-state index contributed by atoms with van der Waals surface area (Å²) in [5, 5.41) is 12.0. The third kappa shape index (κ3) is 2.62. The molecule has 1 aliphatic carbocycles. The molecule has 2 aromatic carbocycles. The largest absolute Gasteiger partial charge is 0.362 e. The molecular formula is C20H20N2S. The Morgan fingerprint density at radius 2 is 1.83 bits per heavy atom. The molecule has 0 amide bonds. The quantitative estimate of drug-likeness (QED) is 0.751. The highest BCUT2D eigenvalue weighted by Gasteiger charge is 2.44. The van der Waals surface area contributed by atoms with E-state index in [1.165, 1.54) is 41.4 Å². The van der Waals surface area contributed by atoms with Crippen LogP contribution in [0.15, 0.2) is 54.6 Å². The molecule has 1 fully saturated rings. The van der Waals surface area contributed by atoms with Gasteiger partial charge in [0.25, 0.3) is 0 Å². The Balaban J connectivity index is 1.73. The number of thioether (sulfide) groups is 1. The number of hydrogen-bond acceptors (Lipinski definition) is 3. The minimum absolute atomic E-state index is 0.412. The van der Waals surface area contributed by atoms with E-state index in [2.05, 4.69) is 64.9 Å². The highest BCUT2D eigenvalue weighted by molar-refractivity contribution is 8.04. The first-order valence-corrected chi connectivity index (χ1v) is 9.20. The van der Waals surface area contributed by atoms with Crippen molar-refractivity contribution in [2.24, 2.45) is 0 Å². The van der Waals surface area contributed by atoms with Gasteiger partial charge < -0.3 is 4.90 Å². The van der Waals surface area contributed by atoms with Crippen molar-refractivity contribution in [3.05, 3.63) is 65.7 Å². The number of benzene rings is 2. The third-order valence-corrected chi connectivity index (χ3v) is 6.13. The number of para-hydroxylation sites is 1. The first-order chi connectivity index (χ1) is 11.4. The molecule has 1 heterocycles. The van der Waals surface area contributed by atoms with Gasteiger partial charge in [0, 0.05) is 29.4 Å². The Morgan fingerprint density at radius 3 is 2.65 bits per heavy atom. The van der Waals surface area contributed by atoms with E-state index in [1.807, 2.05) is 0 Å². The maximum absolute atomic E-state index is 9.23. The van der Waals surface area contributed by atoms with E-state index in [4.69, 9.17) is 0 Å². The van der Waals surface area contributed by atoms with Gasteiger partial charge in [0.15, 0.2) is 0 Å². The molecule has 2 nitrogen and oxygen atoms in total. The van der Waals surface area contributed by atoms with Gasteiger partial charge in [-0.25, -0.2) is 0 Å². The van der Waals surface area contributed by atoms with Gasteiger partial charge in [-0.15, -0.1) is 0 Å². The molecule has 116 valence electrons. The van der Waals surface area contributed by atoms with Crippen LogP contribution in [-0.2, 0) is 6.54 Å². The predicted molar refractivity (Wildman–Crippen MR) is 96.4 cm³/mol. The summed E-state index contributed by atoms with van der Waals surface area (Å²) in [4.78, 5) is 2.56. The van der Waals surface area contributed by atoms with Crippen LogP contribution in [0.4, 0.5) is 5.69 Å². The fraction of sp³-hybridized carbons (Fsp3) is 0.350. The van der Waals surface area contributed by atoms with Crippen LogP contribution in [0.2, 0.25) is 0 Å². The smallest absolute Gasteiger partial charge is 0.133 e. The minimum atomic E-state index is 0.412. The second-order valence-corrected chi connectivity index (χ2v) is 7.47. The number of nitrogens with zero attached hydrogens (tertiary/aromatic N) is 2. The number of hydrogen-bond donors (Lipinski definition) is 0. The van der Waals surface area contributed by atoms with Crippen molar-refractivity contribution in [1.82, 2.24) is 0 Å². The van der Waals surface area contributed by atoms with E-state index in [0.29, 0.717) is 17.2 Å². The molecule has 23 heavy (non-hydrogen) atoms. The summed E-state index contributed by atoms with van der Waals surface area (Å²) < 4.78 is 0. The summed E-state index contributed by atoms with van der Waals surface area (Å²) in [5.41, 5.74) is 4.20. The van der Waals surface area contributed by atoms with Gasteiger partial charge in [-0.1, -0.05) is 55.0 Å². The van der Waals surface area contributed by atoms with E-state index >= 15 is 0 Å². The van der Waals surface area contributed by atoms with Crippen molar-refractivity contribution in [1.29, 1.82) is 5.26 Å². The van der Waals surface area contributed by atoms with Crippen LogP contribution in [-0.4, -0.2) is 11.3 Å². The summed E-state index contributed by atoms with van der Waals surface area (Å²) >= 11 is 1.48. The summed E-state index contributed by atoms with van der Waals surface area (Å²) in [5.74, 6) is 0.578. The lowest BCUT2D eigenvalue weighted by Gasteiger charge is -2.38. The number of fused-ring (bicyclic) bond motifs is 3. The van der Waals surface area contributed by atoms with Gasteiger partial charge in [-0.3, -0.25) is 0 Å². The van der Waals surface area contributed by atoms with Gasteiger partial charge in [-0.05, 0) is 41.8 Å². The van der Waals surface area contributed by atoms with Crippen molar-refractivity contribution in [3.8, 4) is 5.40 Å². The zero-order valence-electron chi connectivity index (χ0n) is 13.1. The normalized spacial score (nSPS) is 25.5. The standard InChI is InChI=1S/C20H20N2S/c21-14-23-19-12-6-10-17-16-9-4-5-11-18(16)22(20(17)19)13-15-7-2-1-3-8-15/h1-5,7-9,11,17,19-20H,6,10,12-13H2/t17-,19-,20+/m0/s1. The average molecular weight is 320 g/mol. The minimum Gasteiger partial charge on any atom is -0.362 e. The average Bonchev–Trinajstić information content (AvgIpc) is 2.92. The van der Waals surface area contributed by atoms with Crippen LogP contribution in [0.25, 0.3) is 0 Å². The van der Waals surface area contributed by atoms with Crippen LogP contribution < -0.4 is 4.90 Å². The van der Waals surface area contributed by atoms with Crippen molar-refractivity contribution < 1.29 is 0 Å². The topological polar surface area (TPSA) is 27.0 Å². The van der Waals surface area contributed by atoms with Gasteiger partial charge in [0.2, 0.25) is 0 Å². The van der Waals surface area contributed by atoms with E-state index in [9.17, 15) is 5.26 Å². The second kappa shape index (κ2) is 6.29. The molecular weight excluding hydrogens is 300 g/mol. The summed E-state index contributed by atoms with van der Waals surface area (Å²) in [6, 6.07) is 20.0. The van der Waals surface area contributed by atoms with Crippen molar-refractivity contribution in [3.63, 3.8) is 0 Å². The van der Waals surface area contributed by atoms with Crippen molar-refractivity contribution >= 4 is 17.4 Å². The van der Waals surface area contributed by atoms with E-state index in [1.54, 1.807) is 0 Å².